The molecule has 8 heteroatoms. The number of hydrogen-bond acceptors (Lipinski definition) is 4. The number of carbonyl (C=O) groups excluding carboxylic acids is 2. The summed E-state index contributed by atoms with van der Waals surface area (Å²) < 4.78 is 0. The smallest absolute Gasteiger partial charge is 0.869 e. The van der Waals surface area contributed by atoms with Gasteiger partial charge in [0.25, 0.3) is 0 Å². The van der Waals surface area contributed by atoms with Gasteiger partial charge in [-0.25, -0.2) is 0 Å². The third-order valence-corrected chi connectivity index (χ3v) is 1.90. The molecular weight excluding hydrogens is 423 g/mol. The molecule has 0 N–H and O–H groups in total. The van der Waals surface area contributed by atoms with Gasteiger partial charge in [-0.3, -0.25) is 9.59 Å². The largest absolute Gasteiger partial charge is 1.00 e. The van der Waals surface area contributed by atoms with Crippen molar-refractivity contribution >= 4 is 34.8 Å². The third kappa shape index (κ3) is 2.74. The fraction of sp³-hybridized carbons (Fsp3) is 0. The van der Waals surface area contributed by atoms with Crippen LogP contribution in [0, 0.1) is 0 Å². The van der Waals surface area contributed by atoms with Crippen LogP contribution in [0.5, 0.6) is 0 Å². The van der Waals surface area contributed by atoms with Crippen LogP contribution < -0.4 is 10.2 Å². The van der Waals surface area contributed by atoms with E-state index < -0.39 is 33.1 Å². The predicted octanol–water partition coefficient (Wildman–Crippen LogP) is -1.25. The van der Waals surface area contributed by atoms with Gasteiger partial charge >= 0.3 is 44.8 Å². The van der Waals surface area contributed by atoms with Gasteiger partial charge in [-0.15, -0.1) is 0 Å². The van der Waals surface area contributed by atoms with Crippen LogP contribution in [0.15, 0.2) is 21.6 Å². The average Bonchev–Trinajstić information content (AvgIpc) is 2.08. The van der Waals surface area contributed by atoms with Gasteiger partial charge in [0.1, 0.15) is 0 Å². The second-order valence-electron chi connectivity index (χ2n) is 1.94. The quantitative estimate of drug-likeness (QED) is 0.361. The van der Waals surface area contributed by atoms with Crippen molar-refractivity contribution in [1.29, 1.82) is 0 Å². The van der Waals surface area contributed by atoms with Crippen molar-refractivity contribution in [2.45, 2.75) is 0 Å². The minimum absolute atomic E-state index is 0. The molecule has 0 fully saturated rings. The molecule has 0 unspecified atom stereocenters. The summed E-state index contributed by atoms with van der Waals surface area (Å²) in [5.74, 6) is -4.92. The topological polar surface area (TPSA) is 80.3 Å². The molecule has 0 amide bonds. The van der Waals surface area contributed by atoms with E-state index in [1.165, 1.54) is 0 Å². The van der Waals surface area contributed by atoms with Crippen LogP contribution in [0.25, 0.3) is 0 Å². The maximum atomic E-state index is 10.7. The molecule has 4 nitrogen and oxygen atoms in total. The van der Waals surface area contributed by atoms with Crippen molar-refractivity contribution in [3.8, 4) is 0 Å². The molecule has 1 aliphatic carbocycles. The number of carbonyl (C=O) groups is 2. The summed E-state index contributed by atoms with van der Waals surface area (Å²) >= 11 is 10.2. The van der Waals surface area contributed by atoms with Crippen LogP contribution in [0.4, 0.5) is 0 Å². The Hall–Kier alpha value is 0.481. The van der Waals surface area contributed by atoms with E-state index >= 15 is 0 Å². The summed E-state index contributed by atoms with van der Waals surface area (Å²) in [6.45, 7) is 0. The fourth-order valence-corrected chi connectivity index (χ4v) is 0.948. The second kappa shape index (κ2) is 6.15. The maximum absolute atomic E-state index is 10.7. The summed E-state index contributed by atoms with van der Waals surface area (Å²) in [5, 5.41) is 19.6. The summed E-state index contributed by atoms with van der Waals surface area (Å²) in [7, 11) is 0. The van der Waals surface area contributed by atoms with Gasteiger partial charge in [0.05, 0.1) is 10.1 Å². The van der Waals surface area contributed by atoms with Gasteiger partial charge in [0.2, 0.25) is 0 Å². The van der Waals surface area contributed by atoms with E-state index in [1.807, 2.05) is 0 Å². The number of Topliss-reactive ketones (excluding diaryl/α,β-unsaturated/α-hetero) is 2. The van der Waals surface area contributed by atoms with Crippen LogP contribution >= 0.6 is 23.2 Å². The molecule has 0 aromatic heterocycles. The summed E-state index contributed by atoms with van der Waals surface area (Å²) in [5.41, 5.74) is 0. The van der Waals surface area contributed by atoms with Crippen molar-refractivity contribution in [3.63, 3.8) is 0 Å². The Morgan fingerprint density at radius 1 is 0.786 bits per heavy atom. The molecule has 0 aliphatic heterocycles. The zero-order valence-electron chi connectivity index (χ0n) is 5.99. The van der Waals surface area contributed by atoms with E-state index in [2.05, 4.69) is 0 Å². The molecule has 1 rings (SSSR count). The minimum atomic E-state index is -1.23. The Balaban J connectivity index is 0. The fourth-order valence-electron chi connectivity index (χ4n) is 0.605. The molecule has 1 aliphatic rings. The van der Waals surface area contributed by atoms with Crippen LogP contribution in [0.2, 0.25) is 0 Å². The van der Waals surface area contributed by atoms with Crippen LogP contribution in [0.1, 0.15) is 0 Å². The number of hydrogen-bond donors (Lipinski definition) is 0. The van der Waals surface area contributed by atoms with Gasteiger partial charge in [-0.05, 0) is 11.5 Å². The molecule has 84 valence electrons. The Labute approximate surface area is 120 Å². The molecule has 0 radical (unpaired) electrons. The zero-order chi connectivity index (χ0) is 9.46. The van der Waals surface area contributed by atoms with Crippen molar-refractivity contribution in [1.82, 2.24) is 0 Å². The number of halogens is 2. The molecule has 0 spiro atoms. The van der Waals surface area contributed by atoms with Crippen molar-refractivity contribution in [2.75, 3.05) is 0 Å². The van der Waals surface area contributed by atoms with Gasteiger partial charge in [-0.1, -0.05) is 23.2 Å². The predicted molar refractivity (Wildman–Crippen MR) is 35.8 cm³/mol. The van der Waals surface area contributed by atoms with Crippen molar-refractivity contribution in [3.05, 3.63) is 21.6 Å². The molecular formula is C6Ag2Cl2O4. The molecule has 14 heavy (non-hydrogen) atoms. The zero-order valence-corrected chi connectivity index (χ0v) is 10.5. The van der Waals surface area contributed by atoms with E-state index in [0.29, 0.717) is 0 Å². The first kappa shape index (κ1) is 16.9. The standard InChI is InChI=1S/C6H2Cl2O4.2Ag/c7-1-3(9)5(11)2(8)6(12)4(1)10;;/h9,12H;;/q;2*+1/p-2. The molecule has 0 saturated carbocycles. The number of rotatable bonds is 0. The van der Waals surface area contributed by atoms with Crippen molar-refractivity contribution < 1.29 is 64.6 Å². The Kier molecular flexibility index (Phi) is 7.42. The molecule has 0 saturated heterocycles. The Bertz CT molecular complexity index is 286. The molecule has 0 heterocycles. The minimum Gasteiger partial charge on any atom is -0.869 e. The average molecular weight is 423 g/mol. The number of ketones is 2. The van der Waals surface area contributed by atoms with Gasteiger partial charge < -0.3 is 10.2 Å². The van der Waals surface area contributed by atoms with E-state index in [0.717, 1.165) is 0 Å². The summed E-state index contributed by atoms with van der Waals surface area (Å²) in [6.07, 6.45) is 0. The van der Waals surface area contributed by atoms with Crippen molar-refractivity contribution in [2.24, 2.45) is 0 Å². The van der Waals surface area contributed by atoms with E-state index in [-0.39, 0.29) is 44.8 Å². The molecule has 0 aromatic rings. The van der Waals surface area contributed by atoms with Gasteiger partial charge in [0, 0.05) is 0 Å². The first-order valence-corrected chi connectivity index (χ1v) is 3.45. The SMILES string of the molecule is O=C1C([O-])=C(Cl)C(=O)C([O-])=C1Cl.[Ag+].[Ag+]. The van der Waals surface area contributed by atoms with E-state index in [1.54, 1.807) is 0 Å². The maximum Gasteiger partial charge on any atom is 1.00 e. The first-order valence-electron chi connectivity index (χ1n) is 2.69. The summed E-state index contributed by atoms with van der Waals surface area (Å²) in [6, 6.07) is 0. The molecule has 0 bridgehead atoms. The molecule has 0 aromatic carbocycles. The molecule has 0 atom stereocenters. The Morgan fingerprint density at radius 3 is 1.21 bits per heavy atom. The van der Waals surface area contributed by atoms with Crippen LogP contribution in [0.3, 0.4) is 0 Å². The van der Waals surface area contributed by atoms with Gasteiger partial charge in [0.15, 0.2) is 11.6 Å². The normalized spacial score (nSPS) is 16.4. The number of allylic oxidation sites excluding steroid dienone is 2. The Morgan fingerprint density at radius 2 is 1.00 bits per heavy atom. The third-order valence-electron chi connectivity index (χ3n) is 1.21. The van der Waals surface area contributed by atoms with E-state index in [9.17, 15) is 19.8 Å². The van der Waals surface area contributed by atoms with Gasteiger partial charge in [-0.2, -0.15) is 0 Å². The van der Waals surface area contributed by atoms with Crippen LogP contribution in [-0.2, 0) is 54.3 Å². The second-order valence-corrected chi connectivity index (χ2v) is 2.70. The van der Waals surface area contributed by atoms with Crippen LogP contribution in [-0.4, -0.2) is 11.6 Å². The van der Waals surface area contributed by atoms with E-state index in [4.69, 9.17) is 23.2 Å². The first-order chi connectivity index (χ1) is 5.46. The monoisotopic (exact) mass is 420 g/mol. The summed E-state index contributed by atoms with van der Waals surface area (Å²) in [4.78, 5) is 21.4.